The molecule has 2 aromatic heterocycles. The number of pyridine rings is 2. The lowest BCUT2D eigenvalue weighted by Crippen LogP contribution is -2.26. The number of fused-ring (bicyclic) bond motifs is 1. The summed E-state index contributed by atoms with van der Waals surface area (Å²) in [6.45, 7) is 7.25. The zero-order chi connectivity index (χ0) is 26.7. The Balaban J connectivity index is 1.44. The minimum absolute atomic E-state index is 0.00853. The second-order valence-electron chi connectivity index (χ2n) is 9.36. The number of alkyl halides is 3. The minimum atomic E-state index is -4.36. The lowest BCUT2D eigenvalue weighted by molar-refractivity contribution is -0.137. The zero-order valence-corrected chi connectivity index (χ0v) is 21.7. The van der Waals surface area contributed by atoms with Gasteiger partial charge in [0.1, 0.15) is 0 Å². The Morgan fingerprint density at radius 1 is 1.14 bits per heavy atom. The van der Waals surface area contributed by atoms with Crippen LogP contribution in [-0.4, -0.2) is 30.7 Å². The molecule has 0 saturated carbocycles. The molecule has 0 saturated heterocycles. The molecule has 0 bridgehead atoms. The van der Waals surface area contributed by atoms with Crippen molar-refractivity contribution < 1.29 is 22.2 Å². The third-order valence-electron chi connectivity index (χ3n) is 6.36. The van der Waals surface area contributed by atoms with Crippen LogP contribution in [0.1, 0.15) is 65.2 Å². The summed E-state index contributed by atoms with van der Waals surface area (Å²) in [5.41, 5.74) is 3.03. The highest BCUT2D eigenvalue weighted by atomic mass is 32.2. The first-order valence-electron chi connectivity index (χ1n) is 12.1. The maximum Gasteiger partial charge on any atom is 0.416 e. The van der Waals surface area contributed by atoms with E-state index >= 15 is 0 Å². The molecule has 1 unspecified atom stereocenters. The number of rotatable bonds is 8. The Morgan fingerprint density at radius 2 is 1.86 bits per heavy atom. The Kier molecular flexibility index (Phi) is 8.08. The van der Waals surface area contributed by atoms with Crippen LogP contribution in [0.5, 0.6) is 0 Å². The topological polar surface area (TPSA) is 75.2 Å². The van der Waals surface area contributed by atoms with Crippen molar-refractivity contribution in [2.24, 2.45) is 5.92 Å². The largest absolute Gasteiger partial charge is 0.416 e. The van der Waals surface area contributed by atoms with Crippen molar-refractivity contribution in [2.45, 2.75) is 57.5 Å². The standard InChI is InChI=1S/C27H29F3N4O2S/c1-4-37(36)23-10-9-22(31-14-23)13-33-26(35)19-11-20-16-34(25(17(2)3)24(20)32-12-19)15-18-5-7-21(8-6-18)27(28,29)30/h5-12,14,17,25H,4,13,15-16H2,1-3H3,(H,33,35)/t25-,37?/m0/s1. The Bertz CT molecular complexity index is 1280. The lowest BCUT2D eigenvalue weighted by atomic mass is 9.99. The molecule has 6 nitrogen and oxygen atoms in total. The van der Waals surface area contributed by atoms with Gasteiger partial charge in [-0.15, -0.1) is 0 Å². The van der Waals surface area contributed by atoms with Crippen molar-refractivity contribution in [3.05, 3.63) is 88.5 Å². The molecule has 2 atom stereocenters. The van der Waals surface area contributed by atoms with Gasteiger partial charge >= 0.3 is 6.18 Å². The first-order chi connectivity index (χ1) is 17.6. The molecule has 196 valence electrons. The Hall–Kier alpha value is -3.11. The van der Waals surface area contributed by atoms with Crippen molar-refractivity contribution in [2.75, 3.05) is 5.75 Å². The summed E-state index contributed by atoms with van der Waals surface area (Å²) in [6, 6.07) is 10.6. The van der Waals surface area contributed by atoms with Gasteiger partial charge in [0.2, 0.25) is 0 Å². The second-order valence-corrected chi connectivity index (χ2v) is 11.1. The summed E-state index contributed by atoms with van der Waals surface area (Å²) in [6.07, 6.45) is -1.24. The zero-order valence-electron chi connectivity index (χ0n) is 20.9. The highest BCUT2D eigenvalue weighted by molar-refractivity contribution is 7.85. The third-order valence-corrected chi connectivity index (χ3v) is 7.65. The first-order valence-corrected chi connectivity index (χ1v) is 13.4. The van der Waals surface area contributed by atoms with Crippen molar-refractivity contribution in [1.29, 1.82) is 0 Å². The van der Waals surface area contributed by atoms with Gasteiger partial charge in [-0.1, -0.05) is 32.9 Å². The van der Waals surface area contributed by atoms with Crippen molar-refractivity contribution in [3.8, 4) is 0 Å². The Labute approximate surface area is 216 Å². The van der Waals surface area contributed by atoms with Crippen LogP contribution in [0.3, 0.4) is 0 Å². The summed E-state index contributed by atoms with van der Waals surface area (Å²) in [4.78, 5) is 24.5. The van der Waals surface area contributed by atoms with Crippen LogP contribution in [0.2, 0.25) is 0 Å². The summed E-state index contributed by atoms with van der Waals surface area (Å²) >= 11 is 0. The summed E-state index contributed by atoms with van der Waals surface area (Å²) in [5, 5.41) is 2.85. The monoisotopic (exact) mass is 530 g/mol. The molecular weight excluding hydrogens is 501 g/mol. The van der Waals surface area contributed by atoms with Gasteiger partial charge in [-0.05, 0) is 47.4 Å². The maximum atomic E-state index is 12.9. The summed E-state index contributed by atoms with van der Waals surface area (Å²) in [7, 11) is -1.08. The van der Waals surface area contributed by atoms with E-state index in [0.717, 1.165) is 29.0 Å². The molecular formula is C27H29F3N4O2S. The van der Waals surface area contributed by atoms with E-state index in [1.165, 1.54) is 12.1 Å². The van der Waals surface area contributed by atoms with Crippen LogP contribution in [0.4, 0.5) is 13.2 Å². The van der Waals surface area contributed by atoms with Gasteiger partial charge < -0.3 is 5.32 Å². The number of nitrogens with zero attached hydrogens (tertiary/aromatic N) is 3. The molecule has 37 heavy (non-hydrogen) atoms. The number of nitrogens with one attached hydrogen (secondary N) is 1. The van der Waals surface area contributed by atoms with Crippen LogP contribution in [0.15, 0.2) is 59.8 Å². The molecule has 1 aliphatic heterocycles. The number of hydrogen-bond acceptors (Lipinski definition) is 5. The third kappa shape index (κ3) is 6.24. The van der Waals surface area contributed by atoms with E-state index in [2.05, 4.69) is 34.0 Å². The molecule has 0 radical (unpaired) electrons. The normalized spacial score (nSPS) is 16.6. The number of carbonyl (C=O) groups excluding carboxylic acids is 1. The Morgan fingerprint density at radius 3 is 2.46 bits per heavy atom. The quantitative estimate of drug-likeness (QED) is 0.430. The number of carbonyl (C=O) groups is 1. The highest BCUT2D eigenvalue weighted by Crippen LogP contribution is 2.39. The number of benzene rings is 1. The fourth-order valence-electron chi connectivity index (χ4n) is 4.54. The fourth-order valence-corrected chi connectivity index (χ4v) is 5.27. The van der Waals surface area contributed by atoms with Crippen LogP contribution in [0, 0.1) is 5.92 Å². The van der Waals surface area contributed by atoms with Crippen LogP contribution in [-0.2, 0) is 36.6 Å². The number of hydrogen-bond donors (Lipinski definition) is 1. The molecule has 3 aromatic rings. The molecule has 10 heteroatoms. The number of amides is 1. The number of halogens is 3. The van der Waals surface area contributed by atoms with Gasteiger partial charge in [0.05, 0.1) is 50.8 Å². The highest BCUT2D eigenvalue weighted by Gasteiger charge is 2.35. The smallest absolute Gasteiger partial charge is 0.346 e. The molecule has 1 N–H and O–H groups in total. The molecule has 3 heterocycles. The van der Waals surface area contributed by atoms with E-state index in [-0.39, 0.29) is 24.4 Å². The van der Waals surface area contributed by atoms with Gasteiger partial charge in [-0.3, -0.25) is 23.9 Å². The second kappa shape index (κ2) is 11.1. The molecule has 4 rings (SSSR count). The van der Waals surface area contributed by atoms with E-state index in [1.54, 1.807) is 24.5 Å². The molecule has 0 aliphatic carbocycles. The summed E-state index contributed by atoms with van der Waals surface area (Å²) in [5.74, 6) is 0.460. The minimum Gasteiger partial charge on any atom is -0.346 e. The van der Waals surface area contributed by atoms with Gasteiger partial charge in [0.15, 0.2) is 0 Å². The SMILES string of the molecule is CCS(=O)c1ccc(CNC(=O)c2cnc3c(c2)CN(Cc2ccc(C(F)(F)F)cc2)[C@H]3C(C)C)nc1. The van der Waals surface area contributed by atoms with E-state index in [1.807, 2.05) is 13.0 Å². The summed E-state index contributed by atoms with van der Waals surface area (Å²) < 4.78 is 50.6. The van der Waals surface area contributed by atoms with E-state index < -0.39 is 22.5 Å². The first kappa shape index (κ1) is 26.9. The van der Waals surface area contributed by atoms with E-state index in [0.29, 0.717) is 35.0 Å². The average Bonchev–Trinajstić information content (AvgIpc) is 3.24. The van der Waals surface area contributed by atoms with Crippen LogP contribution in [0.25, 0.3) is 0 Å². The van der Waals surface area contributed by atoms with Gasteiger partial charge in [0.25, 0.3) is 5.91 Å². The molecule has 0 spiro atoms. The van der Waals surface area contributed by atoms with Crippen molar-refractivity contribution in [1.82, 2.24) is 20.2 Å². The van der Waals surface area contributed by atoms with Crippen molar-refractivity contribution >= 4 is 16.7 Å². The van der Waals surface area contributed by atoms with Crippen molar-refractivity contribution in [3.63, 3.8) is 0 Å². The van der Waals surface area contributed by atoms with Crippen LogP contribution >= 0.6 is 0 Å². The predicted molar refractivity (Wildman–Crippen MR) is 135 cm³/mol. The van der Waals surface area contributed by atoms with Gasteiger partial charge in [0, 0.05) is 31.2 Å². The van der Waals surface area contributed by atoms with E-state index in [9.17, 15) is 22.2 Å². The molecule has 1 amide bonds. The fraction of sp³-hybridized carbons (Fsp3) is 0.370. The van der Waals surface area contributed by atoms with Gasteiger partial charge in [-0.25, -0.2) is 0 Å². The lowest BCUT2D eigenvalue weighted by Gasteiger charge is -2.27. The molecule has 0 fully saturated rings. The van der Waals surface area contributed by atoms with E-state index in [4.69, 9.17) is 0 Å². The van der Waals surface area contributed by atoms with Gasteiger partial charge in [-0.2, -0.15) is 13.2 Å². The van der Waals surface area contributed by atoms with Crippen LogP contribution < -0.4 is 5.32 Å². The number of aromatic nitrogens is 2. The molecule has 1 aliphatic rings. The average molecular weight is 531 g/mol. The predicted octanol–water partition coefficient (Wildman–Crippen LogP) is 5.27. The maximum absolute atomic E-state index is 12.9. The molecule has 1 aromatic carbocycles.